The Morgan fingerprint density at radius 1 is 1.37 bits per heavy atom. The van der Waals surface area contributed by atoms with Gasteiger partial charge in [-0.15, -0.1) is 0 Å². The SMILES string of the molecule is COC(=O)OCC1CC(=Cc2ccccc2)C1(C)C. The van der Waals surface area contributed by atoms with Crippen molar-refractivity contribution in [3.05, 3.63) is 41.5 Å². The summed E-state index contributed by atoms with van der Waals surface area (Å²) in [6.45, 7) is 4.80. The predicted molar refractivity (Wildman–Crippen MR) is 74.7 cm³/mol. The lowest BCUT2D eigenvalue weighted by Gasteiger charge is -2.47. The number of rotatable bonds is 3. The summed E-state index contributed by atoms with van der Waals surface area (Å²) in [6, 6.07) is 10.3. The third kappa shape index (κ3) is 2.98. The molecule has 0 saturated heterocycles. The van der Waals surface area contributed by atoms with Crippen LogP contribution in [-0.2, 0) is 9.47 Å². The molecule has 0 bridgehead atoms. The maximum Gasteiger partial charge on any atom is 0.507 e. The van der Waals surface area contributed by atoms with Crippen molar-refractivity contribution < 1.29 is 14.3 Å². The molecule has 1 atom stereocenters. The third-order valence-corrected chi connectivity index (χ3v) is 4.02. The predicted octanol–water partition coefficient (Wildman–Crippen LogP) is 3.90. The number of hydrogen-bond acceptors (Lipinski definition) is 3. The zero-order valence-electron chi connectivity index (χ0n) is 11.7. The van der Waals surface area contributed by atoms with Crippen molar-refractivity contribution in [1.29, 1.82) is 0 Å². The molecule has 0 spiro atoms. The molecule has 1 aliphatic carbocycles. The molecule has 0 heterocycles. The number of allylic oxidation sites excluding steroid dienone is 1. The molecule has 2 rings (SSSR count). The topological polar surface area (TPSA) is 35.5 Å². The summed E-state index contributed by atoms with van der Waals surface area (Å²) >= 11 is 0. The van der Waals surface area contributed by atoms with E-state index in [1.165, 1.54) is 18.2 Å². The lowest BCUT2D eigenvalue weighted by Crippen LogP contribution is -2.40. The number of carbonyl (C=O) groups excluding carboxylic acids is 1. The smallest absolute Gasteiger partial charge is 0.438 e. The van der Waals surface area contributed by atoms with Crippen LogP contribution in [0.15, 0.2) is 35.9 Å². The van der Waals surface area contributed by atoms with E-state index in [1.54, 1.807) is 0 Å². The zero-order chi connectivity index (χ0) is 13.9. The van der Waals surface area contributed by atoms with Gasteiger partial charge in [0.25, 0.3) is 0 Å². The van der Waals surface area contributed by atoms with E-state index in [2.05, 4.69) is 36.8 Å². The number of carbonyl (C=O) groups is 1. The molecule has 1 aliphatic rings. The van der Waals surface area contributed by atoms with Crippen LogP contribution >= 0.6 is 0 Å². The van der Waals surface area contributed by atoms with Gasteiger partial charge >= 0.3 is 6.16 Å². The van der Waals surface area contributed by atoms with Crippen LogP contribution in [0.3, 0.4) is 0 Å². The van der Waals surface area contributed by atoms with Crippen LogP contribution in [0.5, 0.6) is 0 Å². The Hall–Kier alpha value is -1.77. The molecule has 0 aliphatic heterocycles. The van der Waals surface area contributed by atoms with Crippen molar-refractivity contribution in [2.24, 2.45) is 11.3 Å². The Balaban J connectivity index is 1.98. The molecule has 1 aromatic rings. The molecule has 1 saturated carbocycles. The molecule has 0 aromatic heterocycles. The first-order valence-corrected chi connectivity index (χ1v) is 6.51. The highest BCUT2D eigenvalue weighted by atomic mass is 16.7. The number of hydrogen-bond donors (Lipinski definition) is 0. The summed E-state index contributed by atoms with van der Waals surface area (Å²) in [4.78, 5) is 11.0. The van der Waals surface area contributed by atoms with Gasteiger partial charge in [0.05, 0.1) is 13.7 Å². The third-order valence-electron chi connectivity index (χ3n) is 4.02. The Bertz CT molecular complexity index is 474. The van der Waals surface area contributed by atoms with Gasteiger partial charge in [0.1, 0.15) is 0 Å². The average molecular weight is 260 g/mol. The van der Waals surface area contributed by atoms with Gasteiger partial charge in [-0.2, -0.15) is 0 Å². The van der Waals surface area contributed by atoms with Gasteiger partial charge in [-0.05, 0) is 17.4 Å². The van der Waals surface area contributed by atoms with Crippen molar-refractivity contribution in [2.75, 3.05) is 13.7 Å². The molecule has 1 fully saturated rings. The van der Waals surface area contributed by atoms with E-state index in [-0.39, 0.29) is 5.41 Å². The first-order chi connectivity index (χ1) is 9.04. The van der Waals surface area contributed by atoms with E-state index >= 15 is 0 Å². The summed E-state index contributed by atoms with van der Waals surface area (Å²) in [5.74, 6) is 0.363. The van der Waals surface area contributed by atoms with Gasteiger partial charge in [-0.1, -0.05) is 55.8 Å². The number of ether oxygens (including phenoxy) is 2. The second-order valence-electron chi connectivity index (χ2n) is 5.47. The molecular formula is C16H20O3. The highest BCUT2D eigenvalue weighted by molar-refractivity contribution is 5.60. The second-order valence-corrected chi connectivity index (χ2v) is 5.47. The molecule has 3 heteroatoms. The van der Waals surface area contributed by atoms with Gasteiger partial charge < -0.3 is 9.47 Å². The Kier molecular flexibility index (Phi) is 3.93. The Morgan fingerprint density at radius 2 is 2.05 bits per heavy atom. The molecule has 1 aromatic carbocycles. The minimum Gasteiger partial charge on any atom is -0.438 e. The minimum atomic E-state index is -0.601. The van der Waals surface area contributed by atoms with E-state index in [9.17, 15) is 4.79 Å². The van der Waals surface area contributed by atoms with E-state index in [4.69, 9.17) is 4.74 Å². The van der Waals surface area contributed by atoms with Gasteiger partial charge in [-0.3, -0.25) is 0 Å². The van der Waals surface area contributed by atoms with E-state index in [0.717, 1.165) is 6.42 Å². The normalized spacial score (nSPS) is 22.7. The minimum absolute atomic E-state index is 0.0733. The summed E-state index contributed by atoms with van der Waals surface area (Å²) in [7, 11) is 1.33. The first kappa shape index (κ1) is 13.7. The van der Waals surface area contributed by atoms with E-state index in [0.29, 0.717) is 12.5 Å². The second kappa shape index (κ2) is 5.47. The molecular weight excluding hydrogens is 240 g/mol. The fourth-order valence-corrected chi connectivity index (χ4v) is 2.40. The molecule has 3 nitrogen and oxygen atoms in total. The standard InChI is InChI=1S/C16H20O3/c1-16(2)13(9-12-7-5-4-6-8-12)10-14(16)11-19-15(17)18-3/h4-9,14H,10-11H2,1-3H3. The maximum absolute atomic E-state index is 11.0. The highest BCUT2D eigenvalue weighted by Crippen LogP contribution is 2.51. The van der Waals surface area contributed by atoms with Crippen LogP contribution in [-0.4, -0.2) is 19.9 Å². The van der Waals surface area contributed by atoms with Crippen molar-refractivity contribution in [2.45, 2.75) is 20.3 Å². The fourth-order valence-electron chi connectivity index (χ4n) is 2.40. The number of benzene rings is 1. The van der Waals surface area contributed by atoms with Crippen LogP contribution in [0.4, 0.5) is 4.79 Å². The van der Waals surface area contributed by atoms with E-state index in [1.807, 2.05) is 18.2 Å². The highest BCUT2D eigenvalue weighted by Gasteiger charge is 2.43. The Labute approximate surface area is 114 Å². The van der Waals surface area contributed by atoms with Crippen LogP contribution in [0, 0.1) is 11.3 Å². The summed E-state index contributed by atoms with van der Waals surface area (Å²) in [6.07, 6.45) is 2.60. The van der Waals surface area contributed by atoms with Crippen molar-refractivity contribution in [1.82, 2.24) is 0 Å². The monoisotopic (exact) mass is 260 g/mol. The summed E-state index contributed by atoms with van der Waals surface area (Å²) in [5, 5.41) is 0. The fraction of sp³-hybridized carbons (Fsp3) is 0.438. The van der Waals surface area contributed by atoms with E-state index < -0.39 is 6.16 Å². The van der Waals surface area contributed by atoms with Crippen molar-refractivity contribution >= 4 is 12.2 Å². The maximum atomic E-state index is 11.0. The average Bonchev–Trinajstić information content (AvgIpc) is 2.42. The molecule has 0 N–H and O–H groups in total. The van der Waals surface area contributed by atoms with Gasteiger partial charge in [-0.25, -0.2) is 4.79 Å². The lowest BCUT2D eigenvalue weighted by atomic mass is 9.58. The van der Waals surface area contributed by atoms with Crippen molar-refractivity contribution in [3.63, 3.8) is 0 Å². The van der Waals surface area contributed by atoms with Gasteiger partial charge in [0, 0.05) is 5.92 Å². The lowest BCUT2D eigenvalue weighted by molar-refractivity contribution is 0.0244. The molecule has 102 valence electrons. The molecule has 19 heavy (non-hydrogen) atoms. The van der Waals surface area contributed by atoms with Crippen molar-refractivity contribution in [3.8, 4) is 0 Å². The Morgan fingerprint density at radius 3 is 2.63 bits per heavy atom. The van der Waals surface area contributed by atoms with Gasteiger partial charge in [0.15, 0.2) is 0 Å². The quantitative estimate of drug-likeness (QED) is 0.773. The molecule has 0 amide bonds. The first-order valence-electron chi connectivity index (χ1n) is 6.51. The van der Waals surface area contributed by atoms with Crippen LogP contribution in [0.2, 0.25) is 0 Å². The largest absolute Gasteiger partial charge is 0.507 e. The zero-order valence-corrected chi connectivity index (χ0v) is 11.7. The molecule has 1 unspecified atom stereocenters. The van der Waals surface area contributed by atoms with Crippen LogP contribution in [0.1, 0.15) is 25.8 Å². The number of methoxy groups -OCH3 is 1. The van der Waals surface area contributed by atoms with Crippen LogP contribution < -0.4 is 0 Å². The molecule has 0 radical (unpaired) electrons. The summed E-state index contributed by atoms with van der Waals surface area (Å²) < 4.78 is 9.52. The van der Waals surface area contributed by atoms with Gasteiger partial charge in [0.2, 0.25) is 0 Å². The van der Waals surface area contributed by atoms with Crippen LogP contribution in [0.25, 0.3) is 6.08 Å². The summed E-state index contributed by atoms with van der Waals surface area (Å²) in [5.41, 5.74) is 2.69.